The molecule has 0 spiro atoms. The van der Waals surface area contributed by atoms with E-state index in [2.05, 4.69) is 22.9 Å². The van der Waals surface area contributed by atoms with Crippen LogP contribution in [0.5, 0.6) is 0 Å². The smallest absolute Gasteiger partial charge is 0.339 e. The number of aromatic nitrogens is 1. The molecular formula is C12H16N2O3S. The molecule has 1 aromatic heterocycles. The van der Waals surface area contributed by atoms with Gasteiger partial charge in [-0.25, -0.2) is 9.78 Å². The lowest BCUT2D eigenvalue weighted by Gasteiger charge is -2.09. The van der Waals surface area contributed by atoms with Crippen molar-refractivity contribution in [2.45, 2.75) is 13.8 Å². The van der Waals surface area contributed by atoms with E-state index < -0.39 is 5.97 Å². The Balaban J connectivity index is 2.66. The van der Waals surface area contributed by atoms with Gasteiger partial charge in [0.05, 0.1) is 12.2 Å². The molecule has 1 rings (SSSR count). The fourth-order valence-corrected chi connectivity index (χ4v) is 1.30. The topological polar surface area (TPSA) is 68.3 Å². The van der Waals surface area contributed by atoms with Crippen LogP contribution in [0.4, 0.5) is 5.82 Å². The molecule has 0 fully saturated rings. The average molecular weight is 268 g/mol. The van der Waals surface area contributed by atoms with Crippen molar-refractivity contribution >= 4 is 30.3 Å². The number of amides is 1. The molecule has 1 unspecified atom stereocenters. The van der Waals surface area contributed by atoms with Gasteiger partial charge in [-0.3, -0.25) is 4.79 Å². The second kappa shape index (κ2) is 7.00. The van der Waals surface area contributed by atoms with Crippen molar-refractivity contribution in [3.05, 3.63) is 23.9 Å². The van der Waals surface area contributed by atoms with E-state index in [1.54, 1.807) is 26.0 Å². The van der Waals surface area contributed by atoms with Gasteiger partial charge in [0, 0.05) is 17.9 Å². The highest BCUT2D eigenvalue weighted by atomic mass is 32.1. The van der Waals surface area contributed by atoms with Gasteiger partial charge < -0.3 is 10.1 Å². The SMILES string of the molecule is CCOC(=O)c1ccc(NC(=O)C(C)CS)nc1. The number of rotatable bonds is 5. The third kappa shape index (κ3) is 4.03. The van der Waals surface area contributed by atoms with E-state index in [0.29, 0.717) is 23.7 Å². The van der Waals surface area contributed by atoms with Crippen molar-refractivity contribution in [3.63, 3.8) is 0 Å². The molecule has 5 nitrogen and oxygen atoms in total. The van der Waals surface area contributed by atoms with Gasteiger partial charge in [-0.15, -0.1) is 0 Å². The Labute approximate surface area is 111 Å². The van der Waals surface area contributed by atoms with E-state index >= 15 is 0 Å². The number of pyridine rings is 1. The van der Waals surface area contributed by atoms with E-state index in [1.165, 1.54) is 6.20 Å². The highest BCUT2D eigenvalue weighted by Gasteiger charge is 2.12. The van der Waals surface area contributed by atoms with Crippen molar-refractivity contribution in [2.75, 3.05) is 17.7 Å². The summed E-state index contributed by atoms with van der Waals surface area (Å²) >= 11 is 4.05. The van der Waals surface area contributed by atoms with Crippen LogP contribution >= 0.6 is 12.6 Å². The van der Waals surface area contributed by atoms with E-state index in [9.17, 15) is 9.59 Å². The number of carbonyl (C=O) groups excluding carboxylic acids is 2. The van der Waals surface area contributed by atoms with Gasteiger partial charge in [-0.1, -0.05) is 6.92 Å². The number of ether oxygens (including phenoxy) is 1. The van der Waals surface area contributed by atoms with Crippen molar-refractivity contribution in [2.24, 2.45) is 5.92 Å². The molecule has 0 saturated carbocycles. The molecule has 1 atom stereocenters. The van der Waals surface area contributed by atoms with E-state index in [4.69, 9.17) is 4.74 Å². The number of nitrogens with one attached hydrogen (secondary N) is 1. The fourth-order valence-electron chi connectivity index (χ4n) is 1.14. The molecule has 0 radical (unpaired) electrons. The molecule has 0 aliphatic heterocycles. The molecule has 1 heterocycles. The number of hydrogen-bond acceptors (Lipinski definition) is 5. The first-order chi connectivity index (χ1) is 8.58. The number of thiol groups is 1. The highest BCUT2D eigenvalue weighted by molar-refractivity contribution is 7.80. The van der Waals surface area contributed by atoms with Crippen molar-refractivity contribution < 1.29 is 14.3 Å². The van der Waals surface area contributed by atoms with E-state index in [1.807, 2.05) is 0 Å². The first-order valence-electron chi connectivity index (χ1n) is 5.63. The summed E-state index contributed by atoms with van der Waals surface area (Å²) in [5.74, 6) is 0.0989. The quantitative estimate of drug-likeness (QED) is 0.631. The molecule has 0 bridgehead atoms. The summed E-state index contributed by atoms with van der Waals surface area (Å²) in [6.45, 7) is 3.82. The number of hydrogen-bond donors (Lipinski definition) is 2. The summed E-state index contributed by atoms with van der Waals surface area (Å²) in [6.07, 6.45) is 1.37. The van der Waals surface area contributed by atoms with Crippen LogP contribution in [-0.2, 0) is 9.53 Å². The first-order valence-corrected chi connectivity index (χ1v) is 6.26. The Morgan fingerprint density at radius 2 is 2.22 bits per heavy atom. The third-order valence-electron chi connectivity index (χ3n) is 2.25. The van der Waals surface area contributed by atoms with Crippen LogP contribution in [0.15, 0.2) is 18.3 Å². The molecule has 0 saturated heterocycles. The average Bonchev–Trinajstić information content (AvgIpc) is 2.38. The zero-order chi connectivity index (χ0) is 13.5. The molecule has 0 aliphatic carbocycles. The number of anilines is 1. The Morgan fingerprint density at radius 3 is 2.72 bits per heavy atom. The maximum atomic E-state index is 11.6. The summed E-state index contributed by atoms with van der Waals surface area (Å²) in [4.78, 5) is 26.9. The fraction of sp³-hybridized carbons (Fsp3) is 0.417. The molecule has 0 aliphatic rings. The Morgan fingerprint density at radius 1 is 1.50 bits per heavy atom. The maximum Gasteiger partial charge on any atom is 0.339 e. The number of carbonyl (C=O) groups is 2. The van der Waals surface area contributed by atoms with Crippen LogP contribution < -0.4 is 5.32 Å². The van der Waals surface area contributed by atoms with Crippen LogP contribution in [0.2, 0.25) is 0 Å². The summed E-state index contributed by atoms with van der Waals surface area (Å²) < 4.78 is 4.83. The van der Waals surface area contributed by atoms with Crippen LogP contribution in [-0.4, -0.2) is 29.2 Å². The summed E-state index contributed by atoms with van der Waals surface area (Å²) in [5, 5.41) is 2.64. The molecule has 1 N–H and O–H groups in total. The second-order valence-corrected chi connectivity index (χ2v) is 4.09. The first kappa shape index (κ1) is 14.5. The molecule has 6 heteroatoms. The molecule has 98 valence electrons. The normalized spacial score (nSPS) is 11.7. The van der Waals surface area contributed by atoms with Gasteiger partial charge in [0.25, 0.3) is 0 Å². The van der Waals surface area contributed by atoms with Crippen LogP contribution in [0.25, 0.3) is 0 Å². The minimum Gasteiger partial charge on any atom is -0.462 e. The van der Waals surface area contributed by atoms with Gasteiger partial charge in [0.15, 0.2) is 0 Å². The number of nitrogens with zero attached hydrogens (tertiary/aromatic N) is 1. The molecular weight excluding hydrogens is 252 g/mol. The molecule has 1 amide bonds. The summed E-state index contributed by atoms with van der Waals surface area (Å²) in [7, 11) is 0. The summed E-state index contributed by atoms with van der Waals surface area (Å²) in [6, 6.07) is 3.13. The monoisotopic (exact) mass is 268 g/mol. The Kier molecular flexibility index (Phi) is 5.64. The van der Waals surface area contributed by atoms with Gasteiger partial charge in [-0.2, -0.15) is 12.6 Å². The predicted molar refractivity (Wildman–Crippen MR) is 71.8 cm³/mol. The van der Waals surface area contributed by atoms with Crippen LogP contribution in [0.1, 0.15) is 24.2 Å². The molecule has 0 aromatic carbocycles. The maximum absolute atomic E-state index is 11.6. The lowest BCUT2D eigenvalue weighted by Crippen LogP contribution is -2.22. The minimum atomic E-state index is -0.424. The molecule has 18 heavy (non-hydrogen) atoms. The van der Waals surface area contributed by atoms with Crippen LogP contribution in [0.3, 0.4) is 0 Å². The van der Waals surface area contributed by atoms with Gasteiger partial charge >= 0.3 is 5.97 Å². The number of esters is 1. The zero-order valence-electron chi connectivity index (χ0n) is 10.3. The van der Waals surface area contributed by atoms with E-state index in [-0.39, 0.29) is 11.8 Å². The van der Waals surface area contributed by atoms with Gasteiger partial charge in [0.1, 0.15) is 5.82 Å². The lowest BCUT2D eigenvalue weighted by atomic mass is 10.2. The minimum absolute atomic E-state index is 0.151. The second-order valence-electron chi connectivity index (χ2n) is 3.73. The highest BCUT2D eigenvalue weighted by Crippen LogP contribution is 2.08. The Hall–Kier alpha value is -1.56. The van der Waals surface area contributed by atoms with Crippen molar-refractivity contribution in [3.8, 4) is 0 Å². The predicted octanol–water partition coefficient (Wildman–Crippen LogP) is 1.76. The van der Waals surface area contributed by atoms with E-state index in [0.717, 1.165) is 0 Å². The van der Waals surface area contributed by atoms with Gasteiger partial charge in [-0.05, 0) is 19.1 Å². The van der Waals surface area contributed by atoms with Crippen molar-refractivity contribution in [1.29, 1.82) is 0 Å². The summed E-state index contributed by atoms with van der Waals surface area (Å²) in [5.41, 5.74) is 0.358. The van der Waals surface area contributed by atoms with Crippen molar-refractivity contribution in [1.82, 2.24) is 4.98 Å². The third-order valence-corrected chi connectivity index (χ3v) is 2.80. The largest absolute Gasteiger partial charge is 0.462 e. The standard InChI is InChI=1S/C12H16N2O3S/c1-3-17-12(16)9-4-5-10(13-6-9)14-11(15)8(2)7-18/h4-6,8,18H,3,7H2,1-2H3,(H,13,14,15). The van der Waals surface area contributed by atoms with Crippen LogP contribution in [0, 0.1) is 5.92 Å². The zero-order valence-corrected chi connectivity index (χ0v) is 11.2. The molecule has 1 aromatic rings. The lowest BCUT2D eigenvalue weighted by molar-refractivity contribution is -0.118. The Bertz CT molecular complexity index is 420. The van der Waals surface area contributed by atoms with Gasteiger partial charge in [0.2, 0.25) is 5.91 Å².